The van der Waals surface area contributed by atoms with Crippen molar-refractivity contribution in [2.45, 2.75) is 77.4 Å². The van der Waals surface area contributed by atoms with Gasteiger partial charge in [0.05, 0.1) is 11.1 Å². The number of halogens is 1. The molecule has 2 aliphatic carbocycles. The molecule has 2 aliphatic rings. The Morgan fingerprint density at radius 2 is 2.04 bits per heavy atom. The van der Waals surface area contributed by atoms with Crippen LogP contribution in [0.2, 0.25) is 0 Å². The van der Waals surface area contributed by atoms with Crippen LogP contribution >= 0.6 is 0 Å². The van der Waals surface area contributed by atoms with Gasteiger partial charge in [-0.1, -0.05) is 26.8 Å². The predicted molar refractivity (Wildman–Crippen MR) is 103 cm³/mol. The van der Waals surface area contributed by atoms with Crippen LogP contribution < -0.4 is 5.32 Å². The molecule has 2 N–H and O–H groups in total. The van der Waals surface area contributed by atoms with Crippen LogP contribution in [0.1, 0.15) is 77.3 Å². The summed E-state index contributed by atoms with van der Waals surface area (Å²) in [5, 5.41) is 13.6. The van der Waals surface area contributed by atoms with Crippen molar-refractivity contribution in [1.29, 1.82) is 0 Å². The zero-order valence-corrected chi connectivity index (χ0v) is 16.3. The second kappa shape index (κ2) is 6.30. The zero-order chi connectivity index (χ0) is 19.4. The molecule has 2 aromatic rings. The number of hydrogen-bond donors (Lipinski definition) is 2. The first kappa shape index (κ1) is 18.4. The quantitative estimate of drug-likeness (QED) is 0.820. The molecule has 4 rings (SSSR count). The largest absolute Gasteiger partial charge is 0.385 e. The first-order chi connectivity index (χ1) is 12.7. The van der Waals surface area contributed by atoms with E-state index in [0.717, 1.165) is 25.7 Å². The van der Waals surface area contributed by atoms with E-state index < -0.39 is 11.4 Å². The minimum Gasteiger partial charge on any atom is -0.385 e. The lowest BCUT2D eigenvalue weighted by Gasteiger charge is -2.37. The molecule has 1 heterocycles. The molecule has 5 nitrogen and oxygen atoms in total. The molecule has 1 amide bonds. The van der Waals surface area contributed by atoms with Gasteiger partial charge in [-0.25, -0.2) is 9.37 Å². The van der Waals surface area contributed by atoms with E-state index in [0.29, 0.717) is 41.8 Å². The molecule has 146 valence electrons. The average Bonchev–Trinajstić information content (AvgIpc) is 2.80. The molecule has 0 bridgehead atoms. The van der Waals surface area contributed by atoms with Crippen molar-refractivity contribution in [2.24, 2.45) is 5.41 Å². The highest BCUT2D eigenvalue weighted by Gasteiger charge is 2.40. The number of carbonyl (C=O) groups excluding carboxylic acids is 1. The maximum Gasteiger partial charge on any atom is 0.227 e. The molecule has 0 unspecified atom stereocenters. The van der Waals surface area contributed by atoms with E-state index in [1.54, 1.807) is 12.1 Å². The maximum absolute atomic E-state index is 15.5. The van der Waals surface area contributed by atoms with Crippen LogP contribution in [0.15, 0.2) is 12.1 Å². The van der Waals surface area contributed by atoms with Gasteiger partial charge in [-0.3, -0.25) is 10.1 Å². The van der Waals surface area contributed by atoms with Gasteiger partial charge in [0.2, 0.25) is 11.9 Å². The van der Waals surface area contributed by atoms with Crippen LogP contribution in [0.25, 0.3) is 11.0 Å². The molecular weight excluding hydrogens is 345 g/mol. The van der Waals surface area contributed by atoms with E-state index >= 15 is 4.39 Å². The van der Waals surface area contributed by atoms with Crippen LogP contribution in [-0.2, 0) is 10.4 Å². The van der Waals surface area contributed by atoms with E-state index in [9.17, 15) is 9.90 Å². The van der Waals surface area contributed by atoms with Gasteiger partial charge in [-0.15, -0.1) is 0 Å². The van der Waals surface area contributed by atoms with E-state index in [2.05, 4.69) is 10.3 Å². The number of benzene rings is 1. The number of nitrogens with one attached hydrogen (secondary N) is 1. The number of hydrogen-bond acceptors (Lipinski definition) is 3. The molecule has 0 atom stereocenters. The third-order valence-corrected chi connectivity index (χ3v) is 5.85. The van der Waals surface area contributed by atoms with Gasteiger partial charge < -0.3 is 9.67 Å². The number of anilines is 1. The lowest BCUT2D eigenvalue weighted by atomic mass is 9.75. The molecule has 0 saturated heterocycles. The predicted octanol–water partition coefficient (Wildman–Crippen LogP) is 4.65. The Balaban J connectivity index is 1.78. The molecule has 2 fully saturated rings. The van der Waals surface area contributed by atoms with Crippen molar-refractivity contribution in [3.05, 3.63) is 23.5 Å². The standard InChI is InChI=1S/C21H28FN3O2/c1-20(2,3)12-16(26)24-19-23-15-9-8-14(21(27)10-5-11-21)17(22)18(15)25(19)13-6-4-7-13/h8-9,13,27H,4-7,10-12H2,1-3H3,(H,23,24,26). The molecule has 0 aliphatic heterocycles. The van der Waals surface area contributed by atoms with Crippen molar-refractivity contribution in [3.63, 3.8) is 0 Å². The molecule has 1 aromatic heterocycles. The summed E-state index contributed by atoms with van der Waals surface area (Å²) in [6.45, 7) is 6.02. The van der Waals surface area contributed by atoms with Gasteiger partial charge in [0.15, 0.2) is 5.82 Å². The SMILES string of the molecule is CC(C)(C)CC(=O)Nc1nc2ccc(C3(O)CCC3)c(F)c2n1C1CCC1. The third kappa shape index (κ3) is 3.24. The fraction of sp³-hybridized carbons (Fsp3) is 0.619. The van der Waals surface area contributed by atoms with Gasteiger partial charge in [0.1, 0.15) is 5.52 Å². The molecule has 0 radical (unpaired) electrons. The summed E-state index contributed by atoms with van der Waals surface area (Å²) >= 11 is 0. The van der Waals surface area contributed by atoms with Gasteiger partial charge in [-0.2, -0.15) is 0 Å². The molecule has 6 heteroatoms. The van der Waals surface area contributed by atoms with Crippen molar-refractivity contribution < 1.29 is 14.3 Å². The summed E-state index contributed by atoms with van der Waals surface area (Å²) in [5.74, 6) is -0.0948. The number of carbonyl (C=O) groups is 1. The number of imidazole rings is 1. The van der Waals surface area contributed by atoms with Crippen LogP contribution in [-0.4, -0.2) is 20.6 Å². The third-order valence-electron chi connectivity index (χ3n) is 5.85. The Kier molecular flexibility index (Phi) is 4.29. The Morgan fingerprint density at radius 1 is 1.33 bits per heavy atom. The highest BCUT2D eigenvalue weighted by Crippen LogP contribution is 2.45. The molecule has 27 heavy (non-hydrogen) atoms. The number of amides is 1. The number of rotatable bonds is 4. The van der Waals surface area contributed by atoms with Gasteiger partial charge >= 0.3 is 0 Å². The first-order valence-corrected chi connectivity index (χ1v) is 9.91. The number of nitrogens with zero attached hydrogens (tertiary/aromatic N) is 2. The Bertz CT molecular complexity index is 889. The number of aliphatic hydroxyl groups is 1. The van der Waals surface area contributed by atoms with Gasteiger partial charge in [-0.05, 0) is 50.0 Å². The summed E-state index contributed by atoms with van der Waals surface area (Å²) in [6, 6.07) is 3.55. The summed E-state index contributed by atoms with van der Waals surface area (Å²) < 4.78 is 17.3. The van der Waals surface area contributed by atoms with Crippen LogP contribution in [0.3, 0.4) is 0 Å². The normalized spacial score (nSPS) is 19.6. The first-order valence-electron chi connectivity index (χ1n) is 9.91. The molecule has 1 aromatic carbocycles. The van der Waals surface area contributed by atoms with Crippen LogP contribution in [0.5, 0.6) is 0 Å². The Hall–Kier alpha value is -1.95. The highest BCUT2D eigenvalue weighted by atomic mass is 19.1. The lowest BCUT2D eigenvalue weighted by molar-refractivity contribution is -0.117. The molecule has 0 spiro atoms. The van der Waals surface area contributed by atoms with Crippen molar-refractivity contribution in [1.82, 2.24) is 9.55 Å². The van der Waals surface area contributed by atoms with E-state index in [-0.39, 0.29) is 17.4 Å². The minimum atomic E-state index is -1.07. The number of fused-ring (bicyclic) bond motifs is 1. The van der Waals surface area contributed by atoms with Crippen molar-refractivity contribution in [3.8, 4) is 0 Å². The van der Waals surface area contributed by atoms with Crippen molar-refractivity contribution in [2.75, 3.05) is 5.32 Å². The Morgan fingerprint density at radius 3 is 2.56 bits per heavy atom. The molecule has 2 saturated carbocycles. The fourth-order valence-electron chi connectivity index (χ4n) is 4.03. The second-order valence-corrected chi connectivity index (χ2v) is 9.36. The zero-order valence-electron chi connectivity index (χ0n) is 16.3. The smallest absolute Gasteiger partial charge is 0.227 e. The fourth-order valence-corrected chi connectivity index (χ4v) is 4.03. The van der Waals surface area contributed by atoms with Crippen LogP contribution in [0, 0.1) is 11.2 Å². The average molecular weight is 373 g/mol. The second-order valence-electron chi connectivity index (χ2n) is 9.36. The van der Waals surface area contributed by atoms with Gasteiger partial charge in [0.25, 0.3) is 0 Å². The highest BCUT2D eigenvalue weighted by molar-refractivity contribution is 5.92. The Labute approximate surface area is 159 Å². The monoisotopic (exact) mass is 373 g/mol. The summed E-state index contributed by atoms with van der Waals surface area (Å²) in [6.07, 6.45) is 5.43. The lowest BCUT2D eigenvalue weighted by Crippen LogP contribution is -2.34. The summed E-state index contributed by atoms with van der Waals surface area (Å²) in [7, 11) is 0. The summed E-state index contributed by atoms with van der Waals surface area (Å²) in [5.41, 5.74) is 0.0846. The van der Waals surface area contributed by atoms with E-state index in [4.69, 9.17) is 0 Å². The minimum absolute atomic E-state index is 0.114. The van der Waals surface area contributed by atoms with Crippen molar-refractivity contribution >= 4 is 22.9 Å². The van der Waals surface area contributed by atoms with Gasteiger partial charge in [0, 0.05) is 18.0 Å². The maximum atomic E-state index is 15.5. The van der Waals surface area contributed by atoms with Crippen LogP contribution in [0.4, 0.5) is 10.3 Å². The molecular formula is C21H28FN3O2. The summed E-state index contributed by atoms with van der Waals surface area (Å²) in [4.78, 5) is 17.0. The topological polar surface area (TPSA) is 67.2 Å². The van der Waals surface area contributed by atoms with E-state index in [1.165, 1.54) is 0 Å². The van der Waals surface area contributed by atoms with E-state index in [1.807, 2.05) is 25.3 Å². The number of aromatic nitrogens is 2.